The van der Waals surface area contributed by atoms with Gasteiger partial charge >= 0.3 is 0 Å². The maximum atomic E-state index is 6.00. The molecule has 3 aliphatic carbocycles. The van der Waals surface area contributed by atoms with Crippen LogP contribution in [0.3, 0.4) is 0 Å². The third-order valence-corrected chi connectivity index (χ3v) is 12.7. The summed E-state index contributed by atoms with van der Waals surface area (Å²) in [6.07, 6.45) is 3.62. The summed E-state index contributed by atoms with van der Waals surface area (Å²) in [4.78, 5) is 20.9. The number of nitrogens with zero attached hydrogens (tertiary/aromatic N) is 4. The summed E-state index contributed by atoms with van der Waals surface area (Å²) in [5.41, 5.74) is 18.8. The molecule has 0 amide bonds. The SMILES string of the molecule is c1ccc(-c2cc(-c3coc4ccccc34)nc(-c3ccc4c(c3)C3c5ccccc5[C@H]4c4cc(-c5nc(-c6ccccc6)cc(-c6coc7ccccc67)n5)ccc43)n2)cc1. The Labute approximate surface area is 356 Å². The maximum absolute atomic E-state index is 6.00. The molecule has 14 rings (SSSR count). The van der Waals surface area contributed by atoms with Crippen molar-refractivity contribution in [2.24, 2.45) is 0 Å². The van der Waals surface area contributed by atoms with Crippen LogP contribution in [-0.4, -0.2) is 19.9 Å². The van der Waals surface area contributed by atoms with E-state index in [-0.39, 0.29) is 11.8 Å². The van der Waals surface area contributed by atoms with Crippen LogP contribution < -0.4 is 0 Å². The van der Waals surface area contributed by atoms with Gasteiger partial charge in [-0.25, -0.2) is 19.9 Å². The number of rotatable bonds is 6. The summed E-state index contributed by atoms with van der Waals surface area (Å²) < 4.78 is 12.0. The van der Waals surface area contributed by atoms with E-state index in [1.54, 1.807) is 0 Å². The molecule has 1 unspecified atom stereocenters. The molecule has 7 aromatic carbocycles. The number of benzene rings is 7. The third kappa shape index (κ3) is 5.43. The quantitative estimate of drug-likeness (QED) is 0.167. The molecule has 290 valence electrons. The maximum Gasteiger partial charge on any atom is 0.160 e. The summed E-state index contributed by atoms with van der Waals surface area (Å²) >= 11 is 0. The molecular weight excluding hydrogens is 761 g/mol. The van der Waals surface area contributed by atoms with E-state index in [1.165, 1.54) is 33.4 Å². The molecule has 0 radical (unpaired) electrons. The van der Waals surface area contributed by atoms with E-state index in [0.29, 0.717) is 11.6 Å². The molecule has 2 bridgehead atoms. The first-order valence-electron chi connectivity index (χ1n) is 20.9. The topological polar surface area (TPSA) is 77.8 Å². The fraction of sp³-hybridized carbons (Fsp3) is 0.0357. The second kappa shape index (κ2) is 13.7. The van der Waals surface area contributed by atoms with E-state index in [4.69, 9.17) is 28.8 Å². The highest BCUT2D eigenvalue weighted by atomic mass is 16.3. The lowest BCUT2D eigenvalue weighted by atomic mass is 9.61. The van der Waals surface area contributed by atoms with Crippen molar-refractivity contribution in [3.05, 3.63) is 228 Å². The summed E-state index contributed by atoms with van der Waals surface area (Å²) in [6.45, 7) is 0. The lowest BCUT2D eigenvalue weighted by Gasteiger charge is -2.42. The molecule has 6 heteroatoms. The van der Waals surface area contributed by atoms with Gasteiger partial charge in [-0.05, 0) is 69.8 Å². The van der Waals surface area contributed by atoms with Crippen molar-refractivity contribution in [1.29, 1.82) is 0 Å². The van der Waals surface area contributed by atoms with Crippen molar-refractivity contribution in [3.63, 3.8) is 0 Å². The van der Waals surface area contributed by atoms with Gasteiger partial charge in [-0.15, -0.1) is 0 Å². The van der Waals surface area contributed by atoms with Crippen molar-refractivity contribution in [3.8, 4) is 67.8 Å². The second-order valence-corrected chi connectivity index (χ2v) is 16.1. The average molecular weight is 795 g/mol. The third-order valence-electron chi connectivity index (χ3n) is 12.7. The van der Waals surface area contributed by atoms with Crippen LogP contribution in [0.1, 0.15) is 45.2 Å². The first-order valence-corrected chi connectivity index (χ1v) is 20.9. The second-order valence-electron chi connectivity index (χ2n) is 16.1. The van der Waals surface area contributed by atoms with Gasteiger partial charge in [-0.1, -0.05) is 146 Å². The van der Waals surface area contributed by atoms with Crippen LogP contribution in [0.4, 0.5) is 0 Å². The first kappa shape index (κ1) is 34.6. The molecule has 6 nitrogen and oxygen atoms in total. The van der Waals surface area contributed by atoms with Crippen LogP contribution >= 0.6 is 0 Å². The summed E-state index contributed by atoms with van der Waals surface area (Å²) in [7, 11) is 0. The standard InChI is InChI=1S/C56H34N4O2/c1-3-13-33(14-4-1)47-29-49(45-31-61-51-21-11-9-17-37(45)51)59-55(57-47)35-23-25-41-43(27-35)53-39-19-7-8-20-40(39)54(41)44-28-36(24-26-42(44)53)56-58-48(34-15-5-2-6-16-34)30-50(60-56)46-32-62-52-22-12-10-18-38(46)52/h1-32,53-54H/t53-,54?/m1/s1. The van der Waals surface area contributed by atoms with E-state index in [0.717, 1.165) is 78.1 Å². The first-order chi connectivity index (χ1) is 30.7. The van der Waals surface area contributed by atoms with E-state index in [2.05, 4.69) is 109 Å². The van der Waals surface area contributed by atoms with Crippen molar-refractivity contribution >= 4 is 21.9 Å². The lowest BCUT2D eigenvalue weighted by Crippen LogP contribution is -2.27. The van der Waals surface area contributed by atoms with Crippen LogP contribution in [0.25, 0.3) is 89.7 Å². The van der Waals surface area contributed by atoms with Gasteiger partial charge in [0, 0.05) is 56.0 Å². The molecule has 0 saturated heterocycles. The van der Waals surface area contributed by atoms with Crippen LogP contribution in [0.15, 0.2) is 203 Å². The normalized spacial score (nSPS) is 14.8. The molecule has 3 aliphatic rings. The number of aromatic nitrogens is 4. The van der Waals surface area contributed by atoms with Gasteiger partial charge in [-0.3, -0.25) is 0 Å². The lowest BCUT2D eigenvalue weighted by molar-refractivity contribution is 0.616. The van der Waals surface area contributed by atoms with E-state index < -0.39 is 0 Å². The smallest absolute Gasteiger partial charge is 0.160 e. The zero-order valence-corrected chi connectivity index (χ0v) is 33.2. The summed E-state index contributed by atoms with van der Waals surface area (Å²) in [5.74, 6) is 1.43. The van der Waals surface area contributed by atoms with Gasteiger partial charge in [0.15, 0.2) is 11.6 Å². The highest BCUT2D eigenvalue weighted by Crippen LogP contribution is 2.56. The molecular formula is C56H34N4O2. The monoisotopic (exact) mass is 794 g/mol. The van der Waals surface area contributed by atoms with Gasteiger partial charge in [-0.2, -0.15) is 0 Å². The minimum absolute atomic E-state index is 0.0363. The summed E-state index contributed by atoms with van der Waals surface area (Å²) in [5, 5.41) is 2.05. The van der Waals surface area contributed by atoms with Crippen molar-refractivity contribution < 1.29 is 8.83 Å². The predicted molar refractivity (Wildman–Crippen MR) is 245 cm³/mol. The molecule has 4 aromatic heterocycles. The van der Waals surface area contributed by atoms with Crippen molar-refractivity contribution in [2.45, 2.75) is 11.8 Å². The largest absolute Gasteiger partial charge is 0.464 e. The van der Waals surface area contributed by atoms with Gasteiger partial charge in [0.2, 0.25) is 0 Å². The number of hydrogen-bond donors (Lipinski definition) is 0. The van der Waals surface area contributed by atoms with Crippen LogP contribution in [0.2, 0.25) is 0 Å². The Kier molecular flexibility index (Phi) is 7.63. The zero-order chi connectivity index (χ0) is 40.7. The average Bonchev–Trinajstić information content (AvgIpc) is 3.99. The minimum atomic E-state index is 0.0363. The van der Waals surface area contributed by atoms with Crippen molar-refractivity contribution in [2.75, 3.05) is 0 Å². The van der Waals surface area contributed by atoms with E-state index in [9.17, 15) is 0 Å². The number of hydrogen-bond acceptors (Lipinski definition) is 6. The fourth-order valence-electron chi connectivity index (χ4n) is 9.79. The molecule has 62 heavy (non-hydrogen) atoms. The van der Waals surface area contributed by atoms with Crippen LogP contribution in [0.5, 0.6) is 0 Å². The highest BCUT2D eigenvalue weighted by Gasteiger charge is 2.41. The van der Waals surface area contributed by atoms with Gasteiger partial charge in [0.1, 0.15) is 23.7 Å². The number of furan rings is 2. The van der Waals surface area contributed by atoms with E-state index in [1.807, 2.05) is 85.3 Å². The Morgan fingerprint density at radius 1 is 0.306 bits per heavy atom. The van der Waals surface area contributed by atoms with E-state index >= 15 is 0 Å². The number of fused-ring (bicyclic) bond motifs is 2. The molecule has 0 N–H and O–H groups in total. The molecule has 0 spiro atoms. The highest BCUT2D eigenvalue weighted by molar-refractivity contribution is 5.95. The molecule has 11 aromatic rings. The Hall–Kier alpha value is -8.22. The molecule has 4 heterocycles. The Morgan fingerprint density at radius 2 is 0.694 bits per heavy atom. The predicted octanol–water partition coefficient (Wildman–Crippen LogP) is 13.7. The van der Waals surface area contributed by atoms with Crippen molar-refractivity contribution in [1.82, 2.24) is 19.9 Å². The van der Waals surface area contributed by atoms with Gasteiger partial charge in [0.25, 0.3) is 0 Å². The molecule has 0 fully saturated rings. The molecule has 2 atom stereocenters. The molecule has 0 saturated carbocycles. The summed E-state index contributed by atoms with van der Waals surface area (Å²) in [6, 6.07) is 63.5. The van der Waals surface area contributed by atoms with Gasteiger partial charge in [0.05, 0.1) is 22.8 Å². The van der Waals surface area contributed by atoms with Crippen LogP contribution in [-0.2, 0) is 0 Å². The molecule has 0 aliphatic heterocycles. The number of para-hydroxylation sites is 2. The fourth-order valence-corrected chi connectivity index (χ4v) is 9.79. The van der Waals surface area contributed by atoms with Crippen LogP contribution in [0, 0.1) is 0 Å². The van der Waals surface area contributed by atoms with Gasteiger partial charge < -0.3 is 8.83 Å². The Balaban J connectivity index is 0.951. The zero-order valence-electron chi connectivity index (χ0n) is 33.2. The Bertz CT molecular complexity index is 3320. The Morgan fingerprint density at radius 3 is 1.16 bits per heavy atom. The minimum Gasteiger partial charge on any atom is -0.464 e.